The Kier molecular flexibility index (Phi) is 8.87. The largest absolute Gasteiger partial charge is 0.486 e. The summed E-state index contributed by atoms with van der Waals surface area (Å²) in [7, 11) is 0. The molecule has 0 saturated heterocycles. The number of thiocarbonyl (C=S) groups is 1. The molecule has 4 heteroatoms. The number of rotatable bonds is 0. The monoisotopic (exact) mass is 164 g/mol. The maximum Gasteiger partial charge on any atom is 0 e. The SMILES string of the molecule is [NH-]C(N)=S.[Y]. The summed E-state index contributed by atoms with van der Waals surface area (Å²) < 4.78 is 0. The molecule has 27 valence electrons. The molecule has 0 aromatic rings. The number of hydrogen-bond acceptors (Lipinski definition) is 1. The smallest absolute Gasteiger partial charge is 0 e. The van der Waals surface area contributed by atoms with Crippen LogP contribution >= 0.6 is 12.2 Å². The molecule has 0 aliphatic heterocycles. The van der Waals surface area contributed by atoms with Gasteiger partial charge in [0.2, 0.25) is 0 Å². The predicted octanol–water partition coefficient (Wildman–Crippen LogP) is 0.280. The zero-order valence-electron chi connectivity index (χ0n) is 2.56. The summed E-state index contributed by atoms with van der Waals surface area (Å²) in [4.78, 5) is 0. The first kappa shape index (κ1) is 9.25. The van der Waals surface area contributed by atoms with Crippen molar-refractivity contribution >= 4 is 17.3 Å². The number of nitrogens with two attached hydrogens (primary N) is 1. The van der Waals surface area contributed by atoms with Crippen molar-refractivity contribution in [3.05, 3.63) is 5.73 Å². The van der Waals surface area contributed by atoms with Crippen LogP contribution in [0.4, 0.5) is 0 Å². The van der Waals surface area contributed by atoms with Crippen LogP contribution < -0.4 is 5.73 Å². The quantitative estimate of drug-likeness (QED) is 0.522. The van der Waals surface area contributed by atoms with Crippen molar-refractivity contribution in [1.82, 2.24) is 0 Å². The summed E-state index contributed by atoms with van der Waals surface area (Å²) in [6, 6.07) is 0. The van der Waals surface area contributed by atoms with E-state index in [0.29, 0.717) is 0 Å². The average Bonchev–Trinajstić information content (AvgIpc) is 0.811. The maximum absolute atomic E-state index is 6.09. The Morgan fingerprint density at radius 3 is 1.80 bits per heavy atom. The van der Waals surface area contributed by atoms with E-state index in [2.05, 4.69) is 18.0 Å². The molecule has 0 bridgehead atoms. The van der Waals surface area contributed by atoms with Gasteiger partial charge >= 0.3 is 0 Å². The van der Waals surface area contributed by atoms with Gasteiger partial charge in [-0.15, -0.1) is 0 Å². The summed E-state index contributed by atoms with van der Waals surface area (Å²) >= 11 is 3.98. The molecule has 5 heavy (non-hydrogen) atoms. The van der Waals surface area contributed by atoms with E-state index in [-0.39, 0.29) is 37.8 Å². The van der Waals surface area contributed by atoms with Crippen LogP contribution in [-0.2, 0) is 32.7 Å². The summed E-state index contributed by atoms with van der Waals surface area (Å²) in [5.74, 6) is 0. The van der Waals surface area contributed by atoms with Gasteiger partial charge in [-0.2, -0.15) is 0 Å². The van der Waals surface area contributed by atoms with Crippen molar-refractivity contribution in [3.63, 3.8) is 0 Å². The minimum atomic E-state index is -0.250. The van der Waals surface area contributed by atoms with Gasteiger partial charge < -0.3 is 11.5 Å². The Hall–Kier alpha value is 0.794. The molecular formula is CH3N2SY-. The Labute approximate surface area is 61.2 Å². The molecule has 2 nitrogen and oxygen atoms in total. The summed E-state index contributed by atoms with van der Waals surface area (Å²) in [6.45, 7) is 0. The molecule has 0 amide bonds. The maximum atomic E-state index is 6.09. The Morgan fingerprint density at radius 2 is 1.80 bits per heavy atom. The van der Waals surface area contributed by atoms with Crippen molar-refractivity contribution in [3.8, 4) is 0 Å². The second-order valence-corrected chi connectivity index (χ2v) is 0.804. The molecule has 0 unspecified atom stereocenters. The van der Waals surface area contributed by atoms with E-state index in [1.807, 2.05) is 0 Å². The Morgan fingerprint density at radius 1 is 1.80 bits per heavy atom. The molecule has 1 radical (unpaired) electrons. The average molecular weight is 164 g/mol. The standard InChI is InChI=1S/CH4N2S.Y/c2-1(3)4;/h(H4,2,3,4);/p-1. The molecule has 0 spiro atoms. The Bertz CT molecular complexity index is 32.6. The van der Waals surface area contributed by atoms with Gasteiger partial charge in [-0.05, 0) is 5.11 Å². The number of hydrogen-bond donors (Lipinski definition) is 1. The van der Waals surface area contributed by atoms with Crippen molar-refractivity contribution < 1.29 is 32.7 Å². The predicted molar refractivity (Wildman–Crippen MR) is 21.1 cm³/mol. The third-order valence-corrected chi connectivity index (χ3v) is 0. The first-order valence-corrected chi connectivity index (χ1v) is 1.15. The van der Waals surface area contributed by atoms with Gasteiger partial charge in [-0.3, -0.25) is 0 Å². The van der Waals surface area contributed by atoms with E-state index in [0.717, 1.165) is 0 Å². The van der Waals surface area contributed by atoms with Gasteiger partial charge in [0.15, 0.2) is 0 Å². The van der Waals surface area contributed by atoms with Gasteiger partial charge in [-0.25, -0.2) is 0 Å². The zero-order chi connectivity index (χ0) is 3.58. The van der Waals surface area contributed by atoms with Crippen molar-refractivity contribution in [2.75, 3.05) is 0 Å². The fourth-order valence-electron chi connectivity index (χ4n) is 0. The van der Waals surface area contributed by atoms with E-state index in [9.17, 15) is 0 Å². The van der Waals surface area contributed by atoms with E-state index >= 15 is 0 Å². The van der Waals surface area contributed by atoms with Gasteiger partial charge in [-0.1, -0.05) is 12.2 Å². The van der Waals surface area contributed by atoms with Crippen molar-refractivity contribution in [1.29, 1.82) is 0 Å². The minimum absolute atomic E-state index is 0. The second kappa shape index (κ2) is 4.79. The third-order valence-electron chi connectivity index (χ3n) is 0. The minimum Gasteiger partial charge on any atom is -0.486 e. The zero-order valence-corrected chi connectivity index (χ0v) is 6.22. The fraction of sp³-hybridized carbons (Fsp3) is 0. The molecule has 0 fully saturated rings. The molecule has 0 aliphatic carbocycles. The van der Waals surface area contributed by atoms with Crippen LogP contribution in [0.3, 0.4) is 0 Å². The van der Waals surface area contributed by atoms with Crippen LogP contribution in [-0.4, -0.2) is 5.11 Å². The van der Waals surface area contributed by atoms with Crippen LogP contribution in [0, 0.1) is 0 Å². The second-order valence-electron chi connectivity index (χ2n) is 0.364. The first-order valence-electron chi connectivity index (χ1n) is 0.743. The molecule has 0 atom stereocenters. The van der Waals surface area contributed by atoms with E-state index in [1.165, 1.54) is 0 Å². The van der Waals surface area contributed by atoms with Crippen LogP contribution in [0.2, 0.25) is 0 Å². The molecule has 0 saturated carbocycles. The van der Waals surface area contributed by atoms with Crippen molar-refractivity contribution in [2.45, 2.75) is 0 Å². The first-order chi connectivity index (χ1) is 1.73. The van der Waals surface area contributed by atoms with E-state index in [1.54, 1.807) is 0 Å². The summed E-state index contributed by atoms with van der Waals surface area (Å²) in [5.41, 5.74) is 10.6. The fourth-order valence-corrected chi connectivity index (χ4v) is 0. The van der Waals surface area contributed by atoms with Crippen LogP contribution in [0.1, 0.15) is 0 Å². The van der Waals surface area contributed by atoms with Gasteiger partial charge in [0.05, 0.1) is 0 Å². The molecule has 3 N–H and O–H groups in total. The van der Waals surface area contributed by atoms with Crippen LogP contribution in [0.5, 0.6) is 0 Å². The number of nitrogens with one attached hydrogen (secondary N) is 1. The molecule has 0 rings (SSSR count). The van der Waals surface area contributed by atoms with Gasteiger partial charge in [0.25, 0.3) is 0 Å². The summed E-state index contributed by atoms with van der Waals surface area (Å²) in [6.07, 6.45) is 0. The molecule has 0 aromatic carbocycles. The third kappa shape index (κ3) is 59.4. The topological polar surface area (TPSA) is 49.8 Å². The molecule has 0 aromatic heterocycles. The summed E-state index contributed by atoms with van der Waals surface area (Å²) in [5, 5.41) is -0.250. The molecular weight excluding hydrogens is 161 g/mol. The van der Waals surface area contributed by atoms with Gasteiger partial charge in [0, 0.05) is 32.7 Å². The Balaban J connectivity index is 0. The molecule has 0 aliphatic rings. The van der Waals surface area contributed by atoms with E-state index < -0.39 is 0 Å². The van der Waals surface area contributed by atoms with E-state index in [4.69, 9.17) is 5.73 Å². The van der Waals surface area contributed by atoms with Gasteiger partial charge in [0.1, 0.15) is 0 Å². The van der Waals surface area contributed by atoms with Crippen LogP contribution in [0.15, 0.2) is 0 Å². The normalized spacial score (nSPS) is 4.80. The van der Waals surface area contributed by atoms with Crippen LogP contribution in [0.25, 0.3) is 5.73 Å². The van der Waals surface area contributed by atoms with Crippen molar-refractivity contribution in [2.24, 2.45) is 5.73 Å². The molecule has 0 heterocycles.